The summed E-state index contributed by atoms with van der Waals surface area (Å²) in [7, 11) is 1.61. The van der Waals surface area contributed by atoms with E-state index in [-0.39, 0.29) is 0 Å². The zero-order valence-electron chi connectivity index (χ0n) is 11.6. The van der Waals surface area contributed by atoms with Gasteiger partial charge in [-0.15, -0.1) is 5.10 Å². The Morgan fingerprint density at radius 1 is 1.35 bits per heavy atom. The minimum absolute atomic E-state index is 0.598. The third kappa shape index (κ3) is 2.33. The highest BCUT2D eigenvalue weighted by Crippen LogP contribution is 2.34. The Bertz CT molecular complexity index is 589. The molecule has 6 nitrogen and oxygen atoms in total. The molecular weight excluding hydrogens is 254 g/mol. The number of nitrogen functional groups attached to an aromatic ring is 1. The van der Waals surface area contributed by atoms with Crippen molar-refractivity contribution in [2.75, 3.05) is 12.8 Å². The van der Waals surface area contributed by atoms with E-state index in [2.05, 4.69) is 15.5 Å². The fraction of sp³-hybridized carbons (Fsp3) is 0.500. The van der Waals surface area contributed by atoms with E-state index < -0.39 is 0 Å². The van der Waals surface area contributed by atoms with Gasteiger partial charge in [0.1, 0.15) is 0 Å². The van der Waals surface area contributed by atoms with Crippen molar-refractivity contribution >= 4 is 5.69 Å². The van der Waals surface area contributed by atoms with Crippen LogP contribution in [0.4, 0.5) is 5.69 Å². The predicted molar refractivity (Wildman–Crippen MR) is 76.2 cm³/mol. The molecule has 1 saturated carbocycles. The molecule has 1 aliphatic carbocycles. The topological polar surface area (TPSA) is 78.8 Å². The van der Waals surface area contributed by atoms with E-state index in [9.17, 15) is 0 Å². The number of anilines is 1. The number of rotatable bonds is 4. The molecule has 0 amide bonds. The maximum absolute atomic E-state index is 5.95. The van der Waals surface area contributed by atoms with Crippen molar-refractivity contribution in [3.05, 3.63) is 18.2 Å². The van der Waals surface area contributed by atoms with Gasteiger partial charge in [0.05, 0.1) is 18.4 Å². The monoisotopic (exact) mass is 273 g/mol. The molecule has 1 heterocycles. The molecule has 0 unspecified atom stereocenters. The van der Waals surface area contributed by atoms with Gasteiger partial charge in [0.25, 0.3) is 0 Å². The molecule has 1 aromatic heterocycles. The number of methoxy groups -OCH3 is 1. The standard InChI is InChI=1S/C14H19N5O/c1-20-13-11(7-4-8-12(13)15)14-16-17-18-19(14)9-10-5-2-3-6-10/h4,7-8,10H,2-3,5-6,9,15H2,1H3. The number of aromatic nitrogens is 4. The molecule has 0 spiro atoms. The maximum atomic E-state index is 5.95. The lowest BCUT2D eigenvalue weighted by atomic mass is 10.1. The minimum Gasteiger partial charge on any atom is -0.494 e. The first-order chi connectivity index (χ1) is 9.79. The Hall–Kier alpha value is -2.11. The maximum Gasteiger partial charge on any atom is 0.185 e. The zero-order valence-corrected chi connectivity index (χ0v) is 11.6. The molecule has 106 valence electrons. The normalized spacial score (nSPS) is 15.7. The quantitative estimate of drug-likeness (QED) is 0.863. The summed E-state index contributed by atoms with van der Waals surface area (Å²) in [5, 5.41) is 12.1. The first-order valence-electron chi connectivity index (χ1n) is 6.98. The van der Waals surface area contributed by atoms with Crippen LogP contribution in [0.5, 0.6) is 5.75 Å². The highest BCUT2D eigenvalue weighted by atomic mass is 16.5. The molecule has 1 aromatic carbocycles. The van der Waals surface area contributed by atoms with Crippen LogP contribution < -0.4 is 10.5 Å². The van der Waals surface area contributed by atoms with Crippen molar-refractivity contribution < 1.29 is 4.74 Å². The van der Waals surface area contributed by atoms with Crippen LogP contribution >= 0.6 is 0 Å². The summed E-state index contributed by atoms with van der Waals surface area (Å²) in [6.45, 7) is 0.861. The fourth-order valence-corrected chi connectivity index (χ4v) is 2.92. The largest absolute Gasteiger partial charge is 0.494 e. The van der Waals surface area contributed by atoms with Crippen LogP contribution in [0, 0.1) is 5.92 Å². The molecule has 6 heteroatoms. The van der Waals surface area contributed by atoms with Gasteiger partial charge in [-0.05, 0) is 41.3 Å². The Morgan fingerprint density at radius 2 is 2.15 bits per heavy atom. The summed E-state index contributed by atoms with van der Waals surface area (Å²) in [4.78, 5) is 0. The molecule has 20 heavy (non-hydrogen) atoms. The molecule has 2 N–H and O–H groups in total. The molecule has 3 rings (SSSR count). The SMILES string of the molecule is COc1c(N)cccc1-c1nnnn1CC1CCCC1. The van der Waals surface area contributed by atoms with E-state index in [1.165, 1.54) is 25.7 Å². The van der Waals surface area contributed by atoms with E-state index in [1.807, 2.05) is 22.9 Å². The number of hydrogen-bond acceptors (Lipinski definition) is 5. The molecule has 2 aromatic rings. The van der Waals surface area contributed by atoms with Gasteiger partial charge in [0, 0.05) is 6.54 Å². The van der Waals surface area contributed by atoms with Crippen molar-refractivity contribution in [2.45, 2.75) is 32.2 Å². The van der Waals surface area contributed by atoms with Crippen molar-refractivity contribution in [3.63, 3.8) is 0 Å². The van der Waals surface area contributed by atoms with E-state index >= 15 is 0 Å². The van der Waals surface area contributed by atoms with Gasteiger partial charge in [-0.3, -0.25) is 0 Å². The van der Waals surface area contributed by atoms with Crippen molar-refractivity contribution in [3.8, 4) is 17.1 Å². The van der Waals surface area contributed by atoms with Gasteiger partial charge < -0.3 is 10.5 Å². The summed E-state index contributed by atoms with van der Waals surface area (Å²) >= 11 is 0. The van der Waals surface area contributed by atoms with Crippen LogP contribution in [0.25, 0.3) is 11.4 Å². The molecule has 1 fully saturated rings. The van der Waals surface area contributed by atoms with E-state index in [0.29, 0.717) is 17.4 Å². The molecule has 1 aliphatic rings. The van der Waals surface area contributed by atoms with Gasteiger partial charge in [0.15, 0.2) is 11.6 Å². The predicted octanol–water partition coefficient (Wildman–Crippen LogP) is 2.12. The van der Waals surface area contributed by atoms with E-state index in [1.54, 1.807) is 7.11 Å². The van der Waals surface area contributed by atoms with Crippen molar-refractivity contribution in [1.29, 1.82) is 0 Å². The van der Waals surface area contributed by atoms with Gasteiger partial charge in [-0.2, -0.15) is 0 Å². The lowest BCUT2D eigenvalue weighted by Gasteiger charge is -2.13. The zero-order chi connectivity index (χ0) is 13.9. The third-order valence-corrected chi connectivity index (χ3v) is 3.93. The van der Waals surface area contributed by atoms with Crippen LogP contribution in [0.2, 0.25) is 0 Å². The number of para-hydroxylation sites is 1. The summed E-state index contributed by atoms with van der Waals surface area (Å²) in [5.74, 6) is 2.03. The molecule has 0 radical (unpaired) electrons. The Kier molecular flexibility index (Phi) is 3.54. The highest BCUT2D eigenvalue weighted by Gasteiger charge is 2.20. The second-order valence-corrected chi connectivity index (χ2v) is 5.26. The number of tetrazole rings is 1. The number of nitrogens with zero attached hydrogens (tertiary/aromatic N) is 4. The molecule has 0 bridgehead atoms. The molecular formula is C14H19N5O. The third-order valence-electron chi connectivity index (χ3n) is 3.93. The van der Waals surface area contributed by atoms with Gasteiger partial charge in [-0.1, -0.05) is 18.9 Å². The summed E-state index contributed by atoms with van der Waals surface area (Å²) in [6, 6.07) is 5.64. The number of nitrogens with two attached hydrogens (primary N) is 1. The highest BCUT2D eigenvalue weighted by molar-refractivity contribution is 5.73. The Balaban J connectivity index is 1.94. The van der Waals surface area contributed by atoms with Crippen molar-refractivity contribution in [1.82, 2.24) is 20.2 Å². The number of hydrogen-bond donors (Lipinski definition) is 1. The second kappa shape index (κ2) is 5.48. The first kappa shape index (κ1) is 12.9. The van der Waals surface area contributed by atoms with Gasteiger partial charge >= 0.3 is 0 Å². The van der Waals surface area contributed by atoms with Crippen LogP contribution in [0.1, 0.15) is 25.7 Å². The van der Waals surface area contributed by atoms with E-state index in [0.717, 1.165) is 17.9 Å². The number of benzene rings is 1. The number of ether oxygens (including phenoxy) is 1. The van der Waals surface area contributed by atoms with E-state index in [4.69, 9.17) is 10.5 Å². The summed E-state index contributed by atoms with van der Waals surface area (Å²) < 4.78 is 7.26. The van der Waals surface area contributed by atoms with Crippen LogP contribution in [-0.2, 0) is 6.54 Å². The Labute approximate surface area is 117 Å². The molecule has 0 saturated heterocycles. The average Bonchev–Trinajstić information content (AvgIpc) is 3.10. The minimum atomic E-state index is 0.598. The first-order valence-corrected chi connectivity index (χ1v) is 6.98. The smallest absolute Gasteiger partial charge is 0.185 e. The lowest BCUT2D eigenvalue weighted by molar-refractivity contribution is 0.413. The lowest BCUT2D eigenvalue weighted by Crippen LogP contribution is -2.11. The second-order valence-electron chi connectivity index (χ2n) is 5.26. The van der Waals surface area contributed by atoms with Gasteiger partial charge in [-0.25, -0.2) is 4.68 Å². The fourth-order valence-electron chi connectivity index (χ4n) is 2.92. The average molecular weight is 273 g/mol. The Morgan fingerprint density at radius 3 is 2.90 bits per heavy atom. The van der Waals surface area contributed by atoms with Crippen molar-refractivity contribution in [2.24, 2.45) is 5.92 Å². The molecule has 0 atom stereocenters. The van der Waals surface area contributed by atoms with Gasteiger partial charge in [0.2, 0.25) is 0 Å². The van der Waals surface area contributed by atoms with Crippen LogP contribution in [-0.4, -0.2) is 27.3 Å². The van der Waals surface area contributed by atoms with Crippen LogP contribution in [0.15, 0.2) is 18.2 Å². The summed E-state index contributed by atoms with van der Waals surface area (Å²) in [6.07, 6.45) is 5.13. The molecule has 0 aliphatic heterocycles. The van der Waals surface area contributed by atoms with Crippen LogP contribution in [0.3, 0.4) is 0 Å². The summed E-state index contributed by atoms with van der Waals surface area (Å²) in [5.41, 5.74) is 7.39.